The van der Waals surface area contributed by atoms with Gasteiger partial charge in [0.25, 0.3) is 5.91 Å². The molecule has 1 saturated carbocycles. The maximum Gasteiger partial charge on any atom is 0.257 e. The number of amides is 1. The molecule has 0 spiro atoms. The SMILES string of the molecule is C/C=C/CN1C=C2NC(C)C=C2C(c2ccc(C(=O)N3CCOCC3)c(OCC3CC3)c2)=C1. The van der Waals surface area contributed by atoms with E-state index in [-0.39, 0.29) is 11.9 Å². The van der Waals surface area contributed by atoms with E-state index in [0.29, 0.717) is 50.1 Å². The lowest BCUT2D eigenvalue weighted by molar-refractivity contribution is 0.0300. The van der Waals surface area contributed by atoms with Gasteiger partial charge in [0.2, 0.25) is 0 Å². The van der Waals surface area contributed by atoms with Gasteiger partial charge in [-0.05, 0) is 50.3 Å². The van der Waals surface area contributed by atoms with E-state index in [1.807, 2.05) is 17.9 Å². The number of morpholine rings is 1. The van der Waals surface area contributed by atoms with Gasteiger partial charge in [0, 0.05) is 49.2 Å². The summed E-state index contributed by atoms with van der Waals surface area (Å²) in [7, 11) is 0. The fourth-order valence-electron chi connectivity index (χ4n) is 4.46. The number of fused-ring (bicyclic) bond motifs is 1. The van der Waals surface area contributed by atoms with Gasteiger partial charge in [0.1, 0.15) is 5.75 Å². The van der Waals surface area contributed by atoms with Gasteiger partial charge in [0.15, 0.2) is 0 Å². The number of rotatable bonds is 7. The second kappa shape index (κ2) is 9.48. The van der Waals surface area contributed by atoms with Crippen LogP contribution in [0.5, 0.6) is 5.75 Å². The maximum atomic E-state index is 13.3. The first-order chi connectivity index (χ1) is 16.1. The Labute approximate surface area is 196 Å². The number of carbonyl (C=O) groups is 1. The third-order valence-corrected chi connectivity index (χ3v) is 6.51. The molecule has 1 aromatic rings. The molecule has 1 N–H and O–H groups in total. The van der Waals surface area contributed by atoms with Gasteiger partial charge in [-0.1, -0.05) is 24.3 Å². The Balaban J connectivity index is 1.48. The Hall–Kier alpha value is -2.99. The molecule has 1 atom stereocenters. The average molecular weight is 448 g/mol. The zero-order chi connectivity index (χ0) is 22.8. The van der Waals surface area contributed by atoms with Crippen molar-refractivity contribution in [1.82, 2.24) is 15.1 Å². The minimum atomic E-state index is 0.0268. The number of hydrogen-bond acceptors (Lipinski definition) is 5. The predicted molar refractivity (Wildman–Crippen MR) is 130 cm³/mol. The number of ether oxygens (including phenoxy) is 2. The van der Waals surface area contributed by atoms with Gasteiger partial charge in [-0.15, -0.1) is 0 Å². The quantitative estimate of drug-likeness (QED) is 0.642. The van der Waals surface area contributed by atoms with Crippen molar-refractivity contribution in [2.45, 2.75) is 32.7 Å². The zero-order valence-electron chi connectivity index (χ0n) is 19.5. The van der Waals surface area contributed by atoms with E-state index in [9.17, 15) is 4.79 Å². The first-order valence-electron chi connectivity index (χ1n) is 12.1. The van der Waals surface area contributed by atoms with E-state index in [0.717, 1.165) is 23.4 Å². The zero-order valence-corrected chi connectivity index (χ0v) is 19.5. The summed E-state index contributed by atoms with van der Waals surface area (Å²) in [5, 5.41) is 3.56. The Kier molecular flexibility index (Phi) is 6.27. The van der Waals surface area contributed by atoms with Crippen molar-refractivity contribution >= 4 is 11.5 Å². The van der Waals surface area contributed by atoms with E-state index in [2.05, 4.69) is 59.9 Å². The number of nitrogens with one attached hydrogen (secondary N) is 1. The number of nitrogens with zero attached hydrogens (tertiary/aromatic N) is 2. The Bertz CT molecular complexity index is 1030. The summed E-state index contributed by atoms with van der Waals surface area (Å²) in [4.78, 5) is 17.4. The predicted octanol–water partition coefficient (Wildman–Crippen LogP) is 3.94. The summed E-state index contributed by atoms with van der Waals surface area (Å²) in [6.07, 6.45) is 13.3. The van der Waals surface area contributed by atoms with E-state index in [1.165, 1.54) is 18.4 Å². The molecule has 1 amide bonds. The normalized spacial score (nSPS) is 22.5. The fourth-order valence-corrected chi connectivity index (χ4v) is 4.46. The molecule has 5 rings (SSSR count). The van der Waals surface area contributed by atoms with Crippen LogP contribution >= 0.6 is 0 Å². The highest BCUT2D eigenvalue weighted by Gasteiger charge is 2.28. The molecule has 1 unspecified atom stereocenters. The molecule has 33 heavy (non-hydrogen) atoms. The smallest absolute Gasteiger partial charge is 0.257 e. The molecule has 3 heterocycles. The molecule has 6 nitrogen and oxygen atoms in total. The average Bonchev–Trinajstić information content (AvgIpc) is 3.60. The van der Waals surface area contributed by atoms with Crippen LogP contribution in [0.15, 0.2) is 60.1 Å². The van der Waals surface area contributed by atoms with Gasteiger partial charge in [-0.2, -0.15) is 0 Å². The molecule has 0 bridgehead atoms. The third-order valence-electron chi connectivity index (χ3n) is 6.51. The first kappa shape index (κ1) is 21.8. The molecule has 6 heteroatoms. The molecule has 1 aromatic carbocycles. The fraction of sp³-hybridized carbons (Fsp3) is 0.444. The Morgan fingerprint density at radius 1 is 1.21 bits per heavy atom. The van der Waals surface area contributed by atoms with Gasteiger partial charge >= 0.3 is 0 Å². The Morgan fingerprint density at radius 3 is 2.79 bits per heavy atom. The maximum absolute atomic E-state index is 13.3. The highest BCUT2D eigenvalue weighted by atomic mass is 16.5. The molecule has 4 aliphatic rings. The summed E-state index contributed by atoms with van der Waals surface area (Å²) in [6, 6.07) is 6.34. The highest BCUT2D eigenvalue weighted by Crippen LogP contribution is 2.38. The lowest BCUT2D eigenvalue weighted by Gasteiger charge is -2.28. The van der Waals surface area contributed by atoms with Gasteiger partial charge < -0.3 is 24.6 Å². The molecule has 3 aliphatic heterocycles. The Morgan fingerprint density at radius 2 is 2.03 bits per heavy atom. The monoisotopic (exact) mass is 447 g/mol. The number of carbonyl (C=O) groups excluding carboxylic acids is 1. The van der Waals surface area contributed by atoms with Crippen molar-refractivity contribution in [3.05, 3.63) is 71.2 Å². The largest absolute Gasteiger partial charge is 0.492 e. The van der Waals surface area contributed by atoms with Gasteiger partial charge in [-0.25, -0.2) is 0 Å². The van der Waals surface area contributed by atoms with Crippen molar-refractivity contribution in [2.24, 2.45) is 5.92 Å². The molecule has 2 fully saturated rings. The molecule has 0 aromatic heterocycles. The molecule has 1 saturated heterocycles. The molecular formula is C27H33N3O3. The van der Waals surface area contributed by atoms with Crippen LogP contribution in [0.3, 0.4) is 0 Å². The van der Waals surface area contributed by atoms with Crippen LogP contribution < -0.4 is 10.1 Å². The third kappa shape index (κ3) is 4.86. The number of hydrogen-bond donors (Lipinski definition) is 1. The summed E-state index contributed by atoms with van der Waals surface area (Å²) in [5.74, 6) is 1.33. The van der Waals surface area contributed by atoms with E-state index in [1.54, 1.807) is 0 Å². The number of allylic oxidation sites excluding steroid dienone is 2. The van der Waals surface area contributed by atoms with Crippen molar-refractivity contribution in [2.75, 3.05) is 39.5 Å². The van der Waals surface area contributed by atoms with Crippen LogP contribution in [0.2, 0.25) is 0 Å². The van der Waals surface area contributed by atoms with Crippen molar-refractivity contribution < 1.29 is 14.3 Å². The van der Waals surface area contributed by atoms with Crippen LogP contribution in [-0.2, 0) is 4.74 Å². The second-order valence-electron chi connectivity index (χ2n) is 9.23. The standard InChI is InChI=1S/C27H33N3O3/c1-3-4-9-29-16-24(23-14-19(2)28-25(23)17-29)21-7-8-22(26(15-21)33-18-20-5-6-20)27(31)30-10-12-32-13-11-30/h3-4,7-8,14-17,19-20,28H,5-6,9-13,18H2,1-2H3/b4-3+. The molecular weight excluding hydrogens is 414 g/mol. The van der Waals surface area contributed by atoms with Crippen LogP contribution in [-0.4, -0.2) is 61.2 Å². The minimum absolute atomic E-state index is 0.0268. The summed E-state index contributed by atoms with van der Waals surface area (Å²) in [5.41, 5.74) is 5.21. The van der Waals surface area contributed by atoms with Crippen molar-refractivity contribution in [1.29, 1.82) is 0 Å². The van der Waals surface area contributed by atoms with Crippen molar-refractivity contribution in [3.63, 3.8) is 0 Å². The molecule has 1 aliphatic carbocycles. The summed E-state index contributed by atoms with van der Waals surface area (Å²) in [6.45, 7) is 8.11. The van der Waals surface area contributed by atoms with E-state index >= 15 is 0 Å². The number of benzene rings is 1. The lowest BCUT2D eigenvalue weighted by Crippen LogP contribution is -2.40. The first-order valence-corrected chi connectivity index (χ1v) is 12.1. The second-order valence-corrected chi connectivity index (χ2v) is 9.23. The van der Waals surface area contributed by atoms with E-state index < -0.39 is 0 Å². The van der Waals surface area contributed by atoms with Crippen LogP contribution in [0.25, 0.3) is 5.57 Å². The highest BCUT2D eigenvalue weighted by molar-refractivity contribution is 5.98. The van der Waals surface area contributed by atoms with E-state index in [4.69, 9.17) is 9.47 Å². The van der Waals surface area contributed by atoms with Gasteiger partial charge in [-0.3, -0.25) is 4.79 Å². The summed E-state index contributed by atoms with van der Waals surface area (Å²) < 4.78 is 11.7. The van der Waals surface area contributed by atoms with Crippen LogP contribution in [0.4, 0.5) is 0 Å². The van der Waals surface area contributed by atoms with Crippen LogP contribution in [0, 0.1) is 5.92 Å². The molecule has 174 valence electrons. The molecule has 0 radical (unpaired) electrons. The lowest BCUT2D eigenvalue weighted by atomic mass is 9.94. The summed E-state index contributed by atoms with van der Waals surface area (Å²) >= 11 is 0. The topological polar surface area (TPSA) is 54.0 Å². The van der Waals surface area contributed by atoms with Gasteiger partial charge in [0.05, 0.1) is 31.1 Å². The van der Waals surface area contributed by atoms with Crippen LogP contribution in [0.1, 0.15) is 42.6 Å². The van der Waals surface area contributed by atoms with Crippen molar-refractivity contribution in [3.8, 4) is 5.75 Å². The minimum Gasteiger partial charge on any atom is -0.492 e.